The number of hydrogen-bond acceptors (Lipinski definition) is 5. The summed E-state index contributed by atoms with van der Waals surface area (Å²) in [5.74, 6) is -0.217. The van der Waals surface area contributed by atoms with Crippen molar-refractivity contribution in [2.45, 2.75) is 19.0 Å². The van der Waals surface area contributed by atoms with Crippen LogP contribution < -0.4 is 5.32 Å². The zero-order chi connectivity index (χ0) is 11.3. The monoisotopic (exact) mass is 288 g/mol. The Morgan fingerprint density at radius 2 is 2.12 bits per heavy atom. The summed E-state index contributed by atoms with van der Waals surface area (Å²) >= 11 is 0. The van der Waals surface area contributed by atoms with Gasteiger partial charge in [0.25, 0.3) is 0 Å². The molecule has 0 amide bonds. The SMILES string of the molecule is COCC(C(=O)OC)N1CCN[C@H](C)C1.Cl.Cl. The quantitative estimate of drug-likeness (QED) is 0.755. The summed E-state index contributed by atoms with van der Waals surface area (Å²) in [6.07, 6.45) is 0. The highest BCUT2D eigenvalue weighted by Crippen LogP contribution is 2.07. The number of carbonyl (C=O) groups excluding carboxylic acids is 1. The number of nitrogens with zero attached hydrogens (tertiary/aromatic N) is 1. The fourth-order valence-corrected chi connectivity index (χ4v) is 1.86. The summed E-state index contributed by atoms with van der Waals surface area (Å²) in [7, 11) is 3.01. The number of esters is 1. The molecule has 0 spiro atoms. The maximum Gasteiger partial charge on any atom is 0.325 e. The van der Waals surface area contributed by atoms with Gasteiger partial charge in [0.15, 0.2) is 0 Å². The lowest BCUT2D eigenvalue weighted by Gasteiger charge is -2.35. The minimum Gasteiger partial charge on any atom is -0.468 e. The van der Waals surface area contributed by atoms with Gasteiger partial charge in [-0.05, 0) is 6.92 Å². The zero-order valence-corrected chi connectivity index (χ0v) is 12.1. The van der Waals surface area contributed by atoms with Crippen molar-refractivity contribution in [3.8, 4) is 0 Å². The van der Waals surface area contributed by atoms with Crippen molar-refractivity contribution in [2.24, 2.45) is 0 Å². The third-order valence-electron chi connectivity index (χ3n) is 2.64. The second-order valence-corrected chi connectivity index (χ2v) is 3.84. The predicted molar refractivity (Wildman–Crippen MR) is 71.2 cm³/mol. The Hall–Kier alpha value is -0.0700. The van der Waals surface area contributed by atoms with Gasteiger partial charge in [0.05, 0.1) is 13.7 Å². The van der Waals surface area contributed by atoms with Crippen molar-refractivity contribution in [2.75, 3.05) is 40.5 Å². The lowest BCUT2D eigenvalue weighted by Crippen LogP contribution is -2.56. The van der Waals surface area contributed by atoms with E-state index >= 15 is 0 Å². The predicted octanol–water partition coefficient (Wildman–Crippen LogP) is 0.312. The van der Waals surface area contributed by atoms with E-state index in [9.17, 15) is 4.79 Å². The van der Waals surface area contributed by atoms with Gasteiger partial charge in [-0.15, -0.1) is 24.8 Å². The molecule has 0 aliphatic carbocycles. The largest absolute Gasteiger partial charge is 0.468 e. The molecular formula is C10H22Cl2N2O3. The van der Waals surface area contributed by atoms with Gasteiger partial charge in [-0.1, -0.05) is 0 Å². The summed E-state index contributed by atoms with van der Waals surface area (Å²) in [5, 5.41) is 3.33. The number of hydrogen-bond donors (Lipinski definition) is 1. The minimum atomic E-state index is -0.274. The molecule has 1 rings (SSSR count). The third-order valence-corrected chi connectivity index (χ3v) is 2.64. The van der Waals surface area contributed by atoms with E-state index in [1.165, 1.54) is 7.11 Å². The van der Waals surface area contributed by atoms with E-state index in [2.05, 4.69) is 17.1 Å². The van der Waals surface area contributed by atoms with Crippen LogP contribution in [-0.4, -0.2) is 63.4 Å². The van der Waals surface area contributed by atoms with Gasteiger partial charge in [0.1, 0.15) is 6.04 Å². The van der Waals surface area contributed by atoms with Crippen LogP contribution in [0.5, 0.6) is 0 Å². The summed E-state index contributed by atoms with van der Waals surface area (Å²) in [6.45, 7) is 5.10. The molecule has 0 aromatic heterocycles. The van der Waals surface area contributed by atoms with Gasteiger partial charge in [-0.2, -0.15) is 0 Å². The van der Waals surface area contributed by atoms with Crippen LogP contribution in [0, 0.1) is 0 Å². The van der Waals surface area contributed by atoms with Crippen molar-refractivity contribution in [3.63, 3.8) is 0 Å². The van der Waals surface area contributed by atoms with E-state index in [0.717, 1.165) is 19.6 Å². The highest BCUT2D eigenvalue weighted by Gasteiger charge is 2.29. The Bertz CT molecular complexity index is 220. The molecule has 1 heterocycles. The smallest absolute Gasteiger partial charge is 0.325 e. The molecule has 0 aromatic rings. The van der Waals surface area contributed by atoms with Gasteiger partial charge in [0.2, 0.25) is 0 Å². The first-order valence-corrected chi connectivity index (χ1v) is 5.23. The first-order chi connectivity index (χ1) is 7.19. The van der Waals surface area contributed by atoms with Crippen LogP contribution in [0.3, 0.4) is 0 Å². The van der Waals surface area contributed by atoms with E-state index in [1.54, 1.807) is 7.11 Å². The molecule has 17 heavy (non-hydrogen) atoms. The van der Waals surface area contributed by atoms with Crippen LogP contribution in [0.25, 0.3) is 0 Å². The first kappa shape index (κ1) is 19.3. The standard InChI is InChI=1S/C10H20N2O3.2ClH/c1-8-6-12(5-4-11-8)9(7-14-2)10(13)15-3;;/h8-9,11H,4-7H2,1-3H3;2*1H/t8-,9?;;/m1../s1. The number of rotatable bonds is 4. The molecule has 5 nitrogen and oxygen atoms in total. The van der Waals surface area contributed by atoms with Crippen LogP contribution in [0.4, 0.5) is 0 Å². The highest BCUT2D eigenvalue weighted by atomic mass is 35.5. The molecule has 0 radical (unpaired) electrons. The lowest BCUT2D eigenvalue weighted by molar-refractivity contribution is -0.149. The van der Waals surface area contributed by atoms with E-state index in [4.69, 9.17) is 9.47 Å². The number of halogens is 2. The maximum atomic E-state index is 11.5. The molecular weight excluding hydrogens is 267 g/mol. The molecule has 1 aliphatic heterocycles. The van der Waals surface area contributed by atoms with Crippen LogP contribution in [-0.2, 0) is 14.3 Å². The van der Waals surface area contributed by atoms with E-state index in [1.807, 2.05) is 0 Å². The Kier molecular flexibility index (Phi) is 11.2. The third kappa shape index (κ3) is 5.88. The van der Waals surface area contributed by atoms with Crippen LogP contribution in [0.2, 0.25) is 0 Å². The van der Waals surface area contributed by atoms with Gasteiger partial charge in [0, 0.05) is 32.8 Å². The van der Waals surface area contributed by atoms with Crippen molar-refractivity contribution in [1.82, 2.24) is 10.2 Å². The number of carbonyl (C=O) groups is 1. The topological polar surface area (TPSA) is 50.8 Å². The summed E-state index contributed by atoms with van der Waals surface area (Å²) in [6, 6.07) is 0.132. The lowest BCUT2D eigenvalue weighted by atomic mass is 10.1. The fraction of sp³-hybridized carbons (Fsp3) is 0.900. The second-order valence-electron chi connectivity index (χ2n) is 3.84. The van der Waals surface area contributed by atoms with Gasteiger partial charge < -0.3 is 14.8 Å². The Labute approximate surface area is 115 Å². The van der Waals surface area contributed by atoms with Gasteiger partial charge in [-0.3, -0.25) is 9.69 Å². The Morgan fingerprint density at radius 3 is 2.59 bits per heavy atom. The number of ether oxygens (including phenoxy) is 2. The van der Waals surface area contributed by atoms with Crippen molar-refractivity contribution >= 4 is 30.8 Å². The molecule has 7 heteroatoms. The van der Waals surface area contributed by atoms with E-state index in [-0.39, 0.29) is 36.8 Å². The molecule has 1 aliphatic rings. The molecule has 1 N–H and O–H groups in total. The average Bonchev–Trinajstić information content (AvgIpc) is 2.25. The molecule has 0 aromatic carbocycles. The molecule has 1 saturated heterocycles. The minimum absolute atomic E-state index is 0. The first-order valence-electron chi connectivity index (χ1n) is 5.23. The molecule has 1 fully saturated rings. The Morgan fingerprint density at radius 1 is 1.47 bits per heavy atom. The van der Waals surface area contributed by atoms with Crippen LogP contribution in [0.1, 0.15) is 6.92 Å². The van der Waals surface area contributed by atoms with Crippen molar-refractivity contribution in [3.05, 3.63) is 0 Å². The molecule has 1 unspecified atom stereocenters. The molecule has 0 bridgehead atoms. The van der Waals surface area contributed by atoms with Crippen LogP contribution >= 0.6 is 24.8 Å². The second kappa shape index (κ2) is 9.91. The highest BCUT2D eigenvalue weighted by molar-refractivity contribution is 5.85. The summed E-state index contributed by atoms with van der Waals surface area (Å²) in [5.41, 5.74) is 0. The van der Waals surface area contributed by atoms with E-state index in [0.29, 0.717) is 12.6 Å². The Balaban J connectivity index is 0. The number of nitrogens with one attached hydrogen (secondary N) is 1. The zero-order valence-electron chi connectivity index (χ0n) is 10.5. The van der Waals surface area contributed by atoms with Crippen molar-refractivity contribution < 1.29 is 14.3 Å². The molecule has 2 atom stereocenters. The van der Waals surface area contributed by atoms with E-state index < -0.39 is 0 Å². The van der Waals surface area contributed by atoms with Gasteiger partial charge in [-0.25, -0.2) is 0 Å². The molecule has 104 valence electrons. The van der Waals surface area contributed by atoms with Crippen molar-refractivity contribution in [1.29, 1.82) is 0 Å². The summed E-state index contributed by atoms with van der Waals surface area (Å²) in [4.78, 5) is 13.7. The summed E-state index contributed by atoms with van der Waals surface area (Å²) < 4.78 is 9.82. The number of methoxy groups -OCH3 is 2. The average molecular weight is 289 g/mol. The molecule has 0 saturated carbocycles. The number of piperazine rings is 1. The maximum absolute atomic E-state index is 11.5. The fourth-order valence-electron chi connectivity index (χ4n) is 1.86. The normalized spacial score (nSPS) is 21.9. The van der Waals surface area contributed by atoms with Gasteiger partial charge >= 0.3 is 5.97 Å². The van der Waals surface area contributed by atoms with Crippen LogP contribution in [0.15, 0.2) is 0 Å².